The molecule has 1 amide bonds. The van der Waals surface area contributed by atoms with E-state index in [0.717, 1.165) is 5.56 Å². The maximum Gasteiger partial charge on any atom is 0.259 e. The van der Waals surface area contributed by atoms with Crippen molar-refractivity contribution >= 4 is 5.91 Å². The van der Waals surface area contributed by atoms with E-state index in [1.807, 2.05) is 25.1 Å². The summed E-state index contributed by atoms with van der Waals surface area (Å²) in [7, 11) is 4.91. The molecule has 128 valence electrons. The van der Waals surface area contributed by atoms with E-state index in [-0.39, 0.29) is 5.91 Å². The molecule has 0 unspecified atom stereocenters. The van der Waals surface area contributed by atoms with E-state index in [4.69, 9.17) is 14.2 Å². The number of aromatic nitrogens is 1. The maximum absolute atomic E-state index is 12.7. The molecule has 0 atom stereocenters. The largest absolute Gasteiger partial charge is 0.493 e. The van der Waals surface area contributed by atoms with Gasteiger partial charge >= 0.3 is 0 Å². The number of benzene rings is 1. The average Bonchev–Trinajstić information content (AvgIpc) is 2.61. The predicted molar refractivity (Wildman–Crippen MR) is 90.7 cm³/mol. The molecule has 0 aliphatic rings. The third-order valence-corrected chi connectivity index (χ3v) is 3.50. The van der Waals surface area contributed by atoms with Gasteiger partial charge in [0.2, 0.25) is 5.88 Å². The van der Waals surface area contributed by atoms with Crippen LogP contribution in [0.15, 0.2) is 36.5 Å². The number of methoxy groups -OCH3 is 2. The molecule has 6 nitrogen and oxygen atoms in total. The predicted octanol–water partition coefficient (Wildman–Crippen LogP) is 2.77. The monoisotopic (exact) mass is 330 g/mol. The number of ether oxygens (including phenoxy) is 3. The van der Waals surface area contributed by atoms with Crippen LogP contribution in [0, 0.1) is 0 Å². The zero-order valence-corrected chi connectivity index (χ0v) is 14.4. The van der Waals surface area contributed by atoms with Crippen molar-refractivity contribution in [3.63, 3.8) is 0 Å². The lowest BCUT2D eigenvalue weighted by Gasteiger charge is -2.19. The fraction of sp³-hybridized carbons (Fsp3) is 0.333. The lowest BCUT2D eigenvalue weighted by atomic mass is 10.1. The molecule has 0 saturated heterocycles. The number of amides is 1. The van der Waals surface area contributed by atoms with Crippen molar-refractivity contribution in [3.8, 4) is 17.4 Å². The first-order chi connectivity index (χ1) is 11.6. The van der Waals surface area contributed by atoms with Crippen molar-refractivity contribution in [1.29, 1.82) is 0 Å². The molecule has 0 radical (unpaired) electrons. The second-order valence-corrected chi connectivity index (χ2v) is 5.14. The molecule has 1 heterocycles. The zero-order chi connectivity index (χ0) is 17.5. The normalized spacial score (nSPS) is 10.2. The summed E-state index contributed by atoms with van der Waals surface area (Å²) in [6.45, 7) is 2.74. The Labute approximate surface area is 142 Å². The summed E-state index contributed by atoms with van der Waals surface area (Å²) in [5, 5.41) is 0. The van der Waals surface area contributed by atoms with Gasteiger partial charge in [-0.15, -0.1) is 0 Å². The van der Waals surface area contributed by atoms with Crippen LogP contribution in [0.1, 0.15) is 22.8 Å². The van der Waals surface area contributed by atoms with E-state index >= 15 is 0 Å². The molecule has 0 aliphatic heterocycles. The van der Waals surface area contributed by atoms with E-state index < -0.39 is 0 Å². The highest BCUT2D eigenvalue weighted by atomic mass is 16.5. The Morgan fingerprint density at radius 2 is 1.92 bits per heavy atom. The van der Waals surface area contributed by atoms with Crippen LogP contribution in [0.2, 0.25) is 0 Å². The van der Waals surface area contributed by atoms with Crippen LogP contribution in [0.4, 0.5) is 0 Å². The molecule has 1 aromatic carbocycles. The molecule has 2 aromatic rings. The SMILES string of the molecule is CCOc1ncccc1C(=O)N(C)Cc1ccc(OC)c(OC)c1. The maximum atomic E-state index is 12.7. The van der Waals surface area contributed by atoms with Crippen molar-refractivity contribution in [2.75, 3.05) is 27.9 Å². The standard InChI is InChI=1S/C18H22N2O4/c1-5-24-17-14(7-6-10-19-17)18(21)20(2)12-13-8-9-15(22-3)16(11-13)23-4/h6-11H,5,12H2,1-4H3. The number of pyridine rings is 1. The molecular weight excluding hydrogens is 308 g/mol. The van der Waals surface area contributed by atoms with Crippen LogP contribution < -0.4 is 14.2 Å². The first kappa shape index (κ1) is 17.6. The van der Waals surface area contributed by atoms with Crippen molar-refractivity contribution in [3.05, 3.63) is 47.7 Å². The topological polar surface area (TPSA) is 60.9 Å². The van der Waals surface area contributed by atoms with E-state index in [9.17, 15) is 4.79 Å². The average molecular weight is 330 g/mol. The Bertz CT molecular complexity index is 703. The Kier molecular flexibility index (Phi) is 6.01. The number of rotatable bonds is 7. The molecule has 0 bridgehead atoms. The molecule has 0 aliphatic carbocycles. The van der Waals surface area contributed by atoms with Gasteiger partial charge in [-0.3, -0.25) is 4.79 Å². The molecular formula is C18H22N2O4. The van der Waals surface area contributed by atoms with Crippen molar-refractivity contribution in [2.24, 2.45) is 0 Å². The molecule has 2 rings (SSSR count). The third kappa shape index (κ3) is 3.95. The van der Waals surface area contributed by atoms with Crippen LogP contribution in [-0.2, 0) is 6.54 Å². The molecule has 24 heavy (non-hydrogen) atoms. The molecule has 1 aromatic heterocycles. The minimum Gasteiger partial charge on any atom is -0.493 e. The number of carbonyl (C=O) groups is 1. The van der Waals surface area contributed by atoms with Gasteiger partial charge in [0, 0.05) is 19.8 Å². The van der Waals surface area contributed by atoms with E-state index in [0.29, 0.717) is 36.1 Å². The highest BCUT2D eigenvalue weighted by Crippen LogP contribution is 2.28. The van der Waals surface area contributed by atoms with Crippen molar-refractivity contribution < 1.29 is 19.0 Å². The van der Waals surface area contributed by atoms with Crippen LogP contribution in [-0.4, -0.2) is 43.7 Å². The number of hydrogen-bond donors (Lipinski definition) is 0. The van der Waals surface area contributed by atoms with Crippen LogP contribution in [0.5, 0.6) is 17.4 Å². The fourth-order valence-electron chi connectivity index (χ4n) is 2.34. The van der Waals surface area contributed by atoms with Crippen LogP contribution >= 0.6 is 0 Å². The van der Waals surface area contributed by atoms with Gasteiger partial charge < -0.3 is 19.1 Å². The van der Waals surface area contributed by atoms with Crippen molar-refractivity contribution in [1.82, 2.24) is 9.88 Å². The highest BCUT2D eigenvalue weighted by molar-refractivity contribution is 5.96. The van der Waals surface area contributed by atoms with E-state index in [1.54, 1.807) is 44.5 Å². The molecule has 0 fully saturated rings. The summed E-state index contributed by atoms with van der Waals surface area (Å²) in [5.74, 6) is 1.49. The quantitative estimate of drug-likeness (QED) is 0.781. The number of nitrogens with zero attached hydrogens (tertiary/aromatic N) is 2. The molecule has 0 saturated carbocycles. The summed E-state index contributed by atoms with van der Waals surface area (Å²) in [6.07, 6.45) is 1.61. The Morgan fingerprint density at radius 3 is 2.58 bits per heavy atom. The van der Waals surface area contributed by atoms with E-state index in [1.165, 1.54) is 0 Å². The summed E-state index contributed by atoms with van der Waals surface area (Å²) in [4.78, 5) is 18.4. The van der Waals surface area contributed by atoms with Crippen LogP contribution in [0.25, 0.3) is 0 Å². The summed E-state index contributed by atoms with van der Waals surface area (Å²) < 4.78 is 16.0. The van der Waals surface area contributed by atoms with E-state index in [2.05, 4.69) is 4.98 Å². The summed E-state index contributed by atoms with van der Waals surface area (Å²) in [5.41, 5.74) is 1.38. The fourth-order valence-corrected chi connectivity index (χ4v) is 2.34. The van der Waals surface area contributed by atoms with Gasteiger partial charge in [0.05, 0.1) is 20.8 Å². The van der Waals surface area contributed by atoms with Crippen LogP contribution in [0.3, 0.4) is 0 Å². The second-order valence-electron chi connectivity index (χ2n) is 5.14. The van der Waals surface area contributed by atoms with Gasteiger partial charge in [-0.25, -0.2) is 4.98 Å². The lowest BCUT2D eigenvalue weighted by molar-refractivity contribution is 0.0780. The Hall–Kier alpha value is -2.76. The summed E-state index contributed by atoms with van der Waals surface area (Å²) in [6, 6.07) is 9.01. The zero-order valence-electron chi connectivity index (χ0n) is 14.4. The third-order valence-electron chi connectivity index (χ3n) is 3.50. The number of hydrogen-bond acceptors (Lipinski definition) is 5. The first-order valence-electron chi connectivity index (χ1n) is 7.64. The van der Waals surface area contributed by atoms with Gasteiger partial charge in [0.15, 0.2) is 11.5 Å². The minimum absolute atomic E-state index is 0.152. The van der Waals surface area contributed by atoms with Gasteiger partial charge in [0.1, 0.15) is 5.56 Å². The molecule has 0 N–H and O–H groups in total. The van der Waals surface area contributed by atoms with Crippen molar-refractivity contribution in [2.45, 2.75) is 13.5 Å². The molecule has 6 heteroatoms. The van der Waals surface area contributed by atoms with Gasteiger partial charge in [0.25, 0.3) is 5.91 Å². The first-order valence-corrected chi connectivity index (χ1v) is 7.64. The minimum atomic E-state index is -0.152. The number of carbonyl (C=O) groups excluding carboxylic acids is 1. The lowest BCUT2D eigenvalue weighted by Crippen LogP contribution is -2.27. The molecule has 0 spiro atoms. The Balaban J connectivity index is 2.17. The second kappa shape index (κ2) is 8.19. The smallest absolute Gasteiger partial charge is 0.259 e. The van der Waals surface area contributed by atoms with Gasteiger partial charge in [-0.2, -0.15) is 0 Å². The summed E-state index contributed by atoms with van der Waals surface area (Å²) >= 11 is 0. The van der Waals surface area contributed by atoms with Gasteiger partial charge in [-0.05, 0) is 36.8 Å². The highest BCUT2D eigenvalue weighted by Gasteiger charge is 2.18. The van der Waals surface area contributed by atoms with Gasteiger partial charge in [-0.1, -0.05) is 6.07 Å². The Morgan fingerprint density at radius 1 is 1.17 bits per heavy atom.